The van der Waals surface area contributed by atoms with E-state index in [1.807, 2.05) is 19.9 Å². The Morgan fingerprint density at radius 3 is 1.94 bits per heavy atom. The summed E-state index contributed by atoms with van der Waals surface area (Å²) in [5.74, 6) is -7.50. The molecule has 4 rings (SSSR count). The zero-order valence-electron chi connectivity index (χ0n) is 57.1. The number of hydrogen-bond donors (Lipinski definition) is 8. The number of rotatable bonds is 39. The second-order valence-electron chi connectivity index (χ2n) is 25.3. The van der Waals surface area contributed by atoms with Gasteiger partial charge < -0.3 is 66.8 Å². The van der Waals surface area contributed by atoms with E-state index in [0.717, 1.165) is 15.4 Å². The van der Waals surface area contributed by atoms with E-state index in [1.54, 1.807) is 102 Å². The number of nitrogens with zero attached hydrogens (tertiary/aromatic N) is 4. The van der Waals surface area contributed by atoms with Crippen LogP contribution in [0.25, 0.3) is 0 Å². The second kappa shape index (κ2) is 38.6. The summed E-state index contributed by atoms with van der Waals surface area (Å²) < 4.78 is 17.6. The van der Waals surface area contributed by atoms with Gasteiger partial charge in [0.2, 0.25) is 41.4 Å². The lowest BCUT2D eigenvalue weighted by atomic mass is 9.89. The van der Waals surface area contributed by atoms with Crippen molar-refractivity contribution in [1.29, 1.82) is 0 Å². The lowest BCUT2D eigenvalue weighted by Crippen LogP contribution is -2.60. The van der Waals surface area contributed by atoms with Crippen molar-refractivity contribution in [2.24, 2.45) is 29.4 Å². The van der Waals surface area contributed by atoms with E-state index in [9.17, 15) is 62.6 Å². The fourth-order valence-corrected chi connectivity index (χ4v) is 11.8. The summed E-state index contributed by atoms with van der Waals surface area (Å²) >= 11 is 0. The average Bonchev–Trinajstić information content (AvgIpc) is 1.81. The van der Waals surface area contributed by atoms with Crippen molar-refractivity contribution in [3.05, 3.63) is 90.0 Å². The van der Waals surface area contributed by atoms with E-state index in [4.69, 9.17) is 19.9 Å². The number of primary amides is 1. The third kappa shape index (κ3) is 23.6. The summed E-state index contributed by atoms with van der Waals surface area (Å²) in [5, 5.41) is 26.3. The number of anilines is 1. The molecule has 27 heteroatoms. The number of urea groups is 1. The van der Waals surface area contributed by atoms with Gasteiger partial charge in [0.1, 0.15) is 36.8 Å². The van der Waals surface area contributed by atoms with Crippen molar-refractivity contribution in [3.63, 3.8) is 0 Å². The lowest BCUT2D eigenvalue weighted by molar-refractivity contribution is -0.148. The largest absolute Gasteiger partial charge is 0.480 e. The van der Waals surface area contributed by atoms with E-state index >= 15 is 0 Å². The van der Waals surface area contributed by atoms with Gasteiger partial charge >= 0.3 is 18.1 Å². The van der Waals surface area contributed by atoms with Crippen LogP contribution in [-0.2, 0) is 75.2 Å². The smallest absolute Gasteiger partial charge is 0.410 e. The minimum absolute atomic E-state index is 0.0717. The number of carbonyl (C=O) groups is 12. The number of nitrogens with one attached hydrogen (secondary N) is 6. The number of carbonyl (C=O) groups excluding carboxylic acids is 11. The SMILES string of the molecule is C=C(C)C(C(=O)NC(C(=O)N(C)C(C(C)CC)C(CC(=O)N1CCCC1C(OC)C(C)C(=O)NC(Cc1ccccc1)C(=O)O)OC)C(C)C)N(C)C(=O)OCc1ccc(NC(=O)C(CCCNC(N)=O)NC(=O)C(NC(=O)CCCCCN2C(=O)C=CC2=O)C(C)C)cc1. The minimum Gasteiger partial charge on any atom is -0.480 e. The van der Waals surface area contributed by atoms with Gasteiger partial charge in [0.25, 0.3) is 11.8 Å². The number of imide groups is 1. The highest BCUT2D eigenvalue weighted by atomic mass is 16.6. The van der Waals surface area contributed by atoms with Crippen LogP contribution in [0.4, 0.5) is 15.3 Å². The summed E-state index contributed by atoms with van der Waals surface area (Å²) in [6.07, 6.45) is 3.43. The molecule has 2 heterocycles. The highest BCUT2D eigenvalue weighted by Crippen LogP contribution is 2.30. The van der Waals surface area contributed by atoms with Crippen LogP contribution >= 0.6 is 0 Å². The van der Waals surface area contributed by atoms with E-state index in [0.29, 0.717) is 56.3 Å². The topological polar surface area (TPSA) is 364 Å². The molecule has 1 saturated heterocycles. The number of unbranched alkanes of at least 4 members (excludes halogenated alkanes) is 2. The van der Waals surface area contributed by atoms with Crippen LogP contribution in [0.1, 0.15) is 131 Å². The monoisotopic (exact) mass is 1330 g/mol. The summed E-state index contributed by atoms with van der Waals surface area (Å²) in [5.41, 5.74) is 7.05. The number of amides is 12. The van der Waals surface area contributed by atoms with Gasteiger partial charge in [-0.1, -0.05) is 110 Å². The van der Waals surface area contributed by atoms with Crippen molar-refractivity contribution in [1.82, 2.24) is 46.2 Å². The number of carboxylic acid groups (broad SMARTS) is 1. The Morgan fingerprint density at radius 2 is 1.37 bits per heavy atom. The van der Waals surface area contributed by atoms with E-state index in [1.165, 1.54) is 38.3 Å². The van der Waals surface area contributed by atoms with Crippen molar-refractivity contribution >= 4 is 76.9 Å². The van der Waals surface area contributed by atoms with Gasteiger partial charge in [0.15, 0.2) is 0 Å². The molecule has 0 aromatic heterocycles. The fourth-order valence-electron chi connectivity index (χ4n) is 11.8. The van der Waals surface area contributed by atoms with Gasteiger partial charge in [-0.05, 0) is 92.0 Å². The molecule has 0 spiro atoms. The molecule has 2 aliphatic rings. The number of aliphatic carboxylic acids is 1. The maximum atomic E-state index is 14.8. The zero-order valence-corrected chi connectivity index (χ0v) is 57.1. The average molecular weight is 1330 g/mol. The molecule has 2 aromatic carbocycles. The number of likely N-dealkylation sites (tertiary alicyclic amines) is 1. The summed E-state index contributed by atoms with van der Waals surface area (Å²) in [4.78, 5) is 164. The molecule has 0 bridgehead atoms. The van der Waals surface area contributed by atoms with Crippen LogP contribution in [0.2, 0.25) is 0 Å². The first-order chi connectivity index (χ1) is 44.9. The number of carboxylic acids is 1. The molecule has 524 valence electrons. The highest BCUT2D eigenvalue weighted by molar-refractivity contribution is 6.12. The Bertz CT molecular complexity index is 3000. The quantitative estimate of drug-likeness (QED) is 0.0258. The van der Waals surface area contributed by atoms with Crippen LogP contribution in [0.5, 0.6) is 0 Å². The molecule has 11 atom stereocenters. The molecule has 27 nitrogen and oxygen atoms in total. The number of methoxy groups -OCH3 is 2. The molecule has 1 fully saturated rings. The van der Waals surface area contributed by atoms with Crippen LogP contribution in [0.3, 0.4) is 0 Å². The number of nitrogens with two attached hydrogens (primary N) is 1. The van der Waals surface area contributed by atoms with Crippen LogP contribution in [-0.4, -0.2) is 198 Å². The third-order valence-electron chi connectivity index (χ3n) is 17.4. The van der Waals surface area contributed by atoms with Gasteiger partial charge in [0.05, 0.1) is 36.6 Å². The van der Waals surface area contributed by atoms with Crippen LogP contribution < -0.4 is 37.6 Å². The van der Waals surface area contributed by atoms with E-state index in [-0.39, 0.29) is 86.9 Å². The molecular formula is C68H101N11O16. The number of hydrogen-bond acceptors (Lipinski definition) is 15. The van der Waals surface area contributed by atoms with E-state index < -0.39 is 120 Å². The van der Waals surface area contributed by atoms with Crippen molar-refractivity contribution < 1.29 is 76.9 Å². The molecule has 0 aliphatic carbocycles. The van der Waals surface area contributed by atoms with Gasteiger partial charge in [-0.15, -0.1) is 0 Å². The van der Waals surface area contributed by atoms with Crippen molar-refractivity contribution in [3.8, 4) is 0 Å². The molecule has 2 aromatic rings. The standard InChI is InChI=1S/C68H101N11O16/c1-14-43(8)59(51(93-12)38-55(83)78-36-22-26-50(78)60(94-13)44(9)61(84)73-49(66(89)90)37-45-23-17-15-18-24-45)76(10)65(88)57(41(4)5)75-64(87)58(42(6)7)77(11)68(92)95-39-46-28-30-47(31-29-46)71-62(85)48(25-21-34-70-67(69)91)72-63(86)56(40(2)3)74-52(80)27-19-16-20-35-79-53(81)32-33-54(79)82/h15,17-18,23-24,28-33,40-41,43-44,48-51,56-60H,6,14,16,19-22,25-27,34-39H2,1-5,7-13H3,(H,71,85)(H,72,86)(H,73,84)(H,74,80)(H,75,87)(H,89,90)(H3,69,70,91). The van der Waals surface area contributed by atoms with Crippen molar-refractivity contribution in [2.75, 3.05) is 53.3 Å². The number of benzene rings is 2. The fraction of sp³-hybridized carbons (Fsp3) is 0.588. The predicted molar refractivity (Wildman–Crippen MR) is 354 cm³/mol. The maximum absolute atomic E-state index is 14.8. The summed E-state index contributed by atoms with van der Waals surface area (Å²) in [6.45, 7) is 18.5. The van der Waals surface area contributed by atoms with Gasteiger partial charge in [-0.2, -0.15) is 0 Å². The highest BCUT2D eigenvalue weighted by Gasteiger charge is 2.44. The predicted octanol–water partition coefficient (Wildman–Crippen LogP) is 4.57. The first-order valence-corrected chi connectivity index (χ1v) is 32.6. The first kappa shape index (κ1) is 78.7. The molecule has 9 N–H and O–H groups in total. The summed E-state index contributed by atoms with van der Waals surface area (Å²) in [6, 6.07) is 7.51. The molecule has 0 saturated carbocycles. The third-order valence-corrected chi connectivity index (χ3v) is 17.4. The first-order valence-electron chi connectivity index (χ1n) is 32.6. The summed E-state index contributed by atoms with van der Waals surface area (Å²) in [7, 11) is 5.87. The van der Waals surface area contributed by atoms with Crippen LogP contribution in [0, 0.1) is 23.7 Å². The number of likely N-dealkylation sites (N-methyl/N-ethyl adjacent to an activating group) is 2. The molecule has 12 amide bonds. The van der Waals surface area contributed by atoms with Gasteiger partial charge in [0, 0.05) is 78.6 Å². The normalized spacial score (nSPS) is 16.8. The number of ether oxygens (including phenoxy) is 3. The Kier molecular flexibility index (Phi) is 32.0. The minimum atomic E-state index is -1.30. The molecule has 2 aliphatic heterocycles. The zero-order chi connectivity index (χ0) is 70.8. The molecule has 95 heavy (non-hydrogen) atoms. The Labute approximate surface area is 557 Å². The molecule has 0 radical (unpaired) electrons. The lowest BCUT2D eigenvalue weighted by Gasteiger charge is -2.41. The molecule has 11 unspecified atom stereocenters. The van der Waals surface area contributed by atoms with Crippen LogP contribution in [0.15, 0.2) is 78.9 Å². The second-order valence-corrected chi connectivity index (χ2v) is 25.3. The van der Waals surface area contributed by atoms with E-state index in [2.05, 4.69) is 38.5 Å². The Balaban J connectivity index is 1.38. The maximum Gasteiger partial charge on any atom is 0.410 e. The van der Waals surface area contributed by atoms with Crippen molar-refractivity contribution in [2.45, 2.75) is 187 Å². The Hall–Kier alpha value is -8.72. The van der Waals surface area contributed by atoms with Gasteiger partial charge in [-0.25, -0.2) is 14.4 Å². The Morgan fingerprint density at radius 1 is 0.737 bits per heavy atom. The molecular weight excluding hydrogens is 1230 g/mol. The van der Waals surface area contributed by atoms with Gasteiger partial charge in [-0.3, -0.25) is 53.0 Å².